The molecule has 0 aliphatic rings. The summed E-state index contributed by atoms with van der Waals surface area (Å²) in [5, 5.41) is 25.3. The number of nitrogens with zero attached hydrogens (tertiary/aromatic N) is 1. The topological polar surface area (TPSA) is 92.5 Å². The molecule has 2 N–H and O–H groups in total. The van der Waals surface area contributed by atoms with Crippen LogP contribution in [0.2, 0.25) is 5.02 Å². The van der Waals surface area contributed by atoms with Crippen molar-refractivity contribution in [3.8, 4) is 0 Å². The quantitative estimate of drug-likeness (QED) is 0.646. The van der Waals surface area contributed by atoms with Gasteiger partial charge in [-0.1, -0.05) is 17.7 Å². The molecule has 1 aromatic carbocycles. The van der Waals surface area contributed by atoms with Gasteiger partial charge in [0.15, 0.2) is 0 Å². The Bertz CT molecular complexity index is 701. The number of hydrogen-bond donors (Lipinski definition) is 2. The smallest absolute Gasteiger partial charge is 0.287 e. The van der Waals surface area contributed by atoms with Crippen molar-refractivity contribution in [3.05, 3.63) is 61.3 Å². The summed E-state index contributed by atoms with van der Waals surface area (Å²) < 4.78 is 0. The third kappa shape index (κ3) is 3.62. The average molecular weight is 341 g/mol. The largest absolute Gasteiger partial charge is 0.383 e. The Labute approximate surface area is 135 Å². The van der Waals surface area contributed by atoms with Crippen molar-refractivity contribution in [2.75, 3.05) is 6.54 Å². The van der Waals surface area contributed by atoms with Crippen molar-refractivity contribution in [2.45, 2.75) is 12.5 Å². The second-order valence-electron chi connectivity index (χ2n) is 4.86. The van der Waals surface area contributed by atoms with Gasteiger partial charge in [-0.15, -0.1) is 11.3 Å². The van der Waals surface area contributed by atoms with Gasteiger partial charge in [0.1, 0.15) is 10.6 Å². The van der Waals surface area contributed by atoms with E-state index in [1.54, 1.807) is 13.0 Å². The van der Waals surface area contributed by atoms with Crippen molar-refractivity contribution >= 4 is 34.5 Å². The van der Waals surface area contributed by atoms with E-state index in [0.29, 0.717) is 0 Å². The van der Waals surface area contributed by atoms with Crippen molar-refractivity contribution < 1.29 is 14.8 Å². The minimum Gasteiger partial charge on any atom is -0.383 e. The van der Waals surface area contributed by atoms with Gasteiger partial charge in [-0.2, -0.15) is 0 Å². The zero-order valence-electron chi connectivity index (χ0n) is 11.6. The molecule has 22 heavy (non-hydrogen) atoms. The van der Waals surface area contributed by atoms with Crippen LogP contribution in [0.15, 0.2) is 35.7 Å². The molecule has 1 heterocycles. The van der Waals surface area contributed by atoms with E-state index in [1.807, 2.05) is 11.4 Å². The molecular weight excluding hydrogens is 328 g/mol. The van der Waals surface area contributed by atoms with Gasteiger partial charge in [0.2, 0.25) is 0 Å². The Morgan fingerprint density at radius 2 is 2.23 bits per heavy atom. The van der Waals surface area contributed by atoms with E-state index < -0.39 is 16.4 Å². The normalized spacial score (nSPS) is 13.4. The van der Waals surface area contributed by atoms with Crippen LogP contribution in [-0.2, 0) is 5.60 Å². The molecule has 0 unspecified atom stereocenters. The number of benzene rings is 1. The van der Waals surface area contributed by atoms with E-state index >= 15 is 0 Å². The van der Waals surface area contributed by atoms with Crippen molar-refractivity contribution in [2.24, 2.45) is 0 Å². The van der Waals surface area contributed by atoms with Crippen LogP contribution in [0.1, 0.15) is 22.2 Å². The summed E-state index contributed by atoms with van der Waals surface area (Å²) in [7, 11) is 0. The summed E-state index contributed by atoms with van der Waals surface area (Å²) >= 11 is 7.16. The summed E-state index contributed by atoms with van der Waals surface area (Å²) in [6.45, 7) is 1.61. The molecule has 0 aliphatic heterocycles. The van der Waals surface area contributed by atoms with E-state index in [2.05, 4.69) is 5.32 Å². The van der Waals surface area contributed by atoms with Gasteiger partial charge in [0.25, 0.3) is 11.6 Å². The molecule has 0 saturated carbocycles. The Morgan fingerprint density at radius 1 is 1.50 bits per heavy atom. The molecular formula is C14H13ClN2O4S. The number of carbonyl (C=O) groups excluding carboxylic acids is 1. The first-order valence-electron chi connectivity index (χ1n) is 6.30. The predicted molar refractivity (Wildman–Crippen MR) is 84.3 cm³/mol. The molecule has 0 bridgehead atoms. The Morgan fingerprint density at radius 3 is 2.77 bits per heavy atom. The van der Waals surface area contributed by atoms with Gasteiger partial charge in [0.05, 0.1) is 11.5 Å². The van der Waals surface area contributed by atoms with Gasteiger partial charge in [-0.25, -0.2) is 0 Å². The fourth-order valence-electron chi connectivity index (χ4n) is 1.82. The van der Waals surface area contributed by atoms with Crippen molar-refractivity contribution in [3.63, 3.8) is 0 Å². The second-order valence-corrected chi connectivity index (χ2v) is 6.21. The highest BCUT2D eigenvalue weighted by Gasteiger charge is 2.25. The van der Waals surface area contributed by atoms with E-state index in [-0.39, 0.29) is 22.8 Å². The molecule has 116 valence electrons. The molecule has 1 atom stereocenters. The zero-order chi connectivity index (χ0) is 16.3. The Kier molecular flexibility index (Phi) is 4.80. The molecule has 0 saturated heterocycles. The second kappa shape index (κ2) is 6.43. The number of carbonyl (C=O) groups is 1. The molecule has 0 radical (unpaired) electrons. The average Bonchev–Trinajstić information content (AvgIpc) is 2.99. The van der Waals surface area contributed by atoms with E-state index in [1.165, 1.54) is 29.5 Å². The van der Waals surface area contributed by atoms with Gasteiger partial charge >= 0.3 is 0 Å². The SMILES string of the molecule is C[C@@](O)(CNC(=O)c1ccc([N+](=O)[O-])c(Cl)c1)c1cccs1. The van der Waals surface area contributed by atoms with Crippen LogP contribution in [0, 0.1) is 10.1 Å². The molecule has 8 heteroatoms. The zero-order valence-corrected chi connectivity index (χ0v) is 13.1. The van der Waals surface area contributed by atoms with Crippen LogP contribution >= 0.6 is 22.9 Å². The summed E-state index contributed by atoms with van der Waals surface area (Å²) in [4.78, 5) is 22.8. The standard InChI is InChI=1S/C14H13ClN2O4S/c1-14(19,12-3-2-6-22-12)8-16-13(18)9-4-5-11(17(20)21)10(15)7-9/h2-7,19H,8H2,1H3,(H,16,18)/t14-/m1/s1. The van der Waals surface area contributed by atoms with Crippen LogP contribution in [0.25, 0.3) is 0 Å². The molecule has 2 aromatic rings. The Hall–Kier alpha value is -1.96. The lowest BCUT2D eigenvalue weighted by Crippen LogP contribution is -2.38. The van der Waals surface area contributed by atoms with Crippen LogP contribution in [0.5, 0.6) is 0 Å². The van der Waals surface area contributed by atoms with Gasteiger partial charge in [-0.05, 0) is 30.5 Å². The predicted octanol–water partition coefficient (Wildman–Crippen LogP) is 2.95. The van der Waals surface area contributed by atoms with E-state index in [0.717, 1.165) is 4.88 Å². The third-order valence-electron chi connectivity index (χ3n) is 3.05. The monoisotopic (exact) mass is 340 g/mol. The number of amides is 1. The number of nitro benzene ring substituents is 1. The van der Waals surface area contributed by atoms with E-state index in [4.69, 9.17) is 11.6 Å². The van der Waals surface area contributed by atoms with Gasteiger partial charge in [-0.3, -0.25) is 14.9 Å². The minimum absolute atomic E-state index is 0.0148. The molecule has 1 aromatic heterocycles. The first-order valence-corrected chi connectivity index (χ1v) is 7.55. The molecule has 2 rings (SSSR count). The molecule has 6 nitrogen and oxygen atoms in total. The molecule has 1 amide bonds. The van der Waals surface area contributed by atoms with Gasteiger partial charge in [0, 0.05) is 16.5 Å². The van der Waals surface area contributed by atoms with Crippen molar-refractivity contribution in [1.29, 1.82) is 0 Å². The maximum absolute atomic E-state index is 12.0. The number of nitro groups is 1. The van der Waals surface area contributed by atoms with Gasteiger partial charge < -0.3 is 10.4 Å². The lowest BCUT2D eigenvalue weighted by atomic mass is 10.0. The summed E-state index contributed by atoms with van der Waals surface area (Å²) in [5.74, 6) is -0.464. The first kappa shape index (κ1) is 16.4. The number of aliphatic hydroxyl groups is 1. The molecule has 0 spiro atoms. The number of thiophene rings is 1. The minimum atomic E-state index is -1.19. The highest BCUT2D eigenvalue weighted by Crippen LogP contribution is 2.26. The number of halogens is 1. The maximum atomic E-state index is 12.0. The highest BCUT2D eigenvalue weighted by atomic mass is 35.5. The maximum Gasteiger partial charge on any atom is 0.287 e. The molecule has 0 aliphatic carbocycles. The van der Waals surface area contributed by atoms with Crippen LogP contribution in [0.3, 0.4) is 0 Å². The summed E-state index contributed by atoms with van der Waals surface area (Å²) in [5.41, 5.74) is -1.25. The highest BCUT2D eigenvalue weighted by molar-refractivity contribution is 7.10. The number of rotatable bonds is 5. The molecule has 0 fully saturated rings. The van der Waals surface area contributed by atoms with Crippen LogP contribution in [0.4, 0.5) is 5.69 Å². The first-order chi connectivity index (χ1) is 10.3. The Balaban J connectivity index is 2.07. The van der Waals surface area contributed by atoms with E-state index in [9.17, 15) is 20.0 Å². The van der Waals surface area contributed by atoms with Crippen molar-refractivity contribution in [1.82, 2.24) is 5.32 Å². The summed E-state index contributed by atoms with van der Waals surface area (Å²) in [6.07, 6.45) is 0. The third-order valence-corrected chi connectivity index (χ3v) is 4.48. The lowest BCUT2D eigenvalue weighted by Gasteiger charge is -2.22. The van der Waals surface area contributed by atoms with Crippen LogP contribution < -0.4 is 5.32 Å². The summed E-state index contributed by atoms with van der Waals surface area (Å²) in [6, 6.07) is 7.31. The number of nitrogens with one attached hydrogen (secondary N) is 1. The fourth-order valence-corrected chi connectivity index (χ4v) is 2.86. The fraction of sp³-hybridized carbons (Fsp3) is 0.214. The number of hydrogen-bond acceptors (Lipinski definition) is 5. The van der Waals surface area contributed by atoms with Crippen LogP contribution in [-0.4, -0.2) is 22.5 Å². The lowest BCUT2D eigenvalue weighted by molar-refractivity contribution is -0.384.